The third-order valence-corrected chi connectivity index (χ3v) is 4.67. The summed E-state index contributed by atoms with van der Waals surface area (Å²) in [5.74, 6) is 0.576. The van der Waals surface area contributed by atoms with Crippen LogP contribution in [0.5, 0.6) is 0 Å². The van der Waals surface area contributed by atoms with Gasteiger partial charge in [-0.25, -0.2) is 0 Å². The number of carbonyl (C=O) groups excluding carboxylic acids is 1. The van der Waals surface area contributed by atoms with Crippen LogP contribution < -0.4 is 5.32 Å². The summed E-state index contributed by atoms with van der Waals surface area (Å²) in [6.45, 7) is 3.94. The lowest BCUT2D eigenvalue weighted by Gasteiger charge is -2.24. The van der Waals surface area contributed by atoms with Crippen LogP contribution in [0.15, 0.2) is 10.7 Å². The number of fused-ring (bicyclic) bond motifs is 2. The smallest absolute Gasteiger partial charge is 0.274 e. The number of nitrogens with zero attached hydrogens (tertiary/aromatic N) is 3. The molecule has 1 aliphatic carbocycles. The van der Waals surface area contributed by atoms with Crippen molar-refractivity contribution < 1.29 is 14.1 Å². The normalized spacial score (nSPS) is 20.0. The van der Waals surface area contributed by atoms with E-state index in [1.165, 1.54) is 5.69 Å². The fraction of sp³-hybridized carbons (Fsp3) is 0.562. The Balaban J connectivity index is 1.56. The molecule has 1 atom stereocenters. The molecule has 1 N–H and O–H groups in total. The first kappa shape index (κ1) is 14.4. The lowest BCUT2D eigenvalue weighted by Crippen LogP contribution is -2.32. The molecule has 3 heterocycles. The van der Waals surface area contributed by atoms with Crippen LogP contribution in [-0.4, -0.2) is 27.5 Å². The Kier molecular flexibility index (Phi) is 3.65. The summed E-state index contributed by atoms with van der Waals surface area (Å²) in [6.07, 6.45) is 5.54. The van der Waals surface area contributed by atoms with Crippen molar-refractivity contribution in [2.24, 2.45) is 0 Å². The van der Waals surface area contributed by atoms with Crippen molar-refractivity contribution in [3.05, 3.63) is 34.5 Å². The minimum Gasteiger partial charge on any atom is -0.376 e. The third-order valence-electron chi connectivity index (χ3n) is 4.67. The summed E-state index contributed by atoms with van der Waals surface area (Å²) in [7, 11) is 0. The summed E-state index contributed by atoms with van der Waals surface area (Å²) >= 11 is 0. The molecule has 0 fully saturated rings. The second kappa shape index (κ2) is 5.81. The van der Waals surface area contributed by atoms with E-state index in [0.29, 0.717) is 25.3 Å². The van der Waals surface area contributed by atoms with Gasteiger partial charge in [-0.1, -0.05) is 5.16 Å². The summed E-state index contributed by atoms with van der Waals surface area (Å²) in [5, 5.41) is 11.5. The van der Waals surface area contributed by atoms with Crippen molar-refractivity contribution in [3.8, 4) is 0 Å². The number of aryl methyl sites for hydroxylation is 1. The van der Waals surface area contributed by atoms with E-state index < -0.39 is 0 Å². The molecule has 23 heavy (non-hydrogen) atoms. The van der Waals surface area contributed by atoms with Crippen LogP contribution in [0.2, 0.25) is 0 Å². The zero-order chi connectivity index (χ0) is 15.8. The Bertz CT molecular complexity index is 734. The maximum absolute atomic E-state index is 12.6. The van der Waals surface area contributed by atoms with E-state index in [-0.39, 0.29) is 11.9 Å². The minimum absolute atomic E-state index is 0.0107. The van der Waals surface area contributed by atoms with Gasteiger partial charge in [0.25, 0.3) is 5.91 Å². The Hall–Kier alpha value is -2.15. The van der Waals surface area contributed by atoms with Crippen LogP contribution in [0.4, 0.5) is 0 Å². The second-order valence-corrected chi connectivity index (χ2v) is 6.02. The molecule has 0 bridgehead atoms. The predicted molar refractivity (Wildman–Crippen MR) is 80.9 cm³/mol. The van der Waals surface area contributed by atoms with Gasteiger partial charge in [0.1, 0.15) is 5.76 Å². The summed E-state index contributed by atoms with van der Waals surface area (Å²) in [5.41, 5.74) is 3.50. The molecule has 0 spiro atoms. The molecule has 0 saturated heterocycles. The van der Waals surface area contributed by atoms with Gasteiger partial charge >= 0.3 is 0 Å². The minimum atomic E-state index is -0.192. The predicted octanol–water partition coefficient (Wildman–Crippen LogP) is 1.77. The molecule has 1 amide bonds. The van der Waals surface area contributed by atoms with E-state index in [1.54, 1.807) is 0 Å². The van der Waals surface area contributed by atoms with Crippen LogP contribution in [0, 0.1) is 0 Å². The van der Waals surface area contributed by atoms with Crippen molar-refractivity contribution >= 4 is 5.91 Å². The first-order valence-corrected chi connectivity index (χ1v) is 8.18. The highest BCUT2D eigenvalue weighted by molar-refractivity contribution is 5.94. The highest BCUT2D eigenvalue weighted by atomic mass is 16.5. The highest BCUT2D eigenvalue weighted by Crippen LogP contribution is 2.30. The van der Waals surface area contributed by atoms with Crippen LogP contribution in [0.3, 0.4) is 0 Å². The Morgan fingerprint density at radius 3 is 3.26 bits per heavy atom. The van der Waals surface area contributed by atoms with Gasteiger partial charge in [-0.3, -0.25) is 9.48 Å². The molecule has 0 aromatic carbocycles. The summed E-state index contributed by atoms with van der Waals surface area (Å²) in [6, 6.07) is -0.0107. The Labute approximate surface area is 134 Å². The van der Waals surface area contributed by atoms with Gasteiger partial charge in [-0.05, 0) is 26.2 Å². The summed E-state index contributed by atoms with van der Waals surface area (Å²) in [4.78, 5) is 12.6. The molecular weight excluding hydrogens is 296 g/mol. The molecule has 7 heteroatoms. The van der Waals surface area contributed by atoms with Crippen molar-refractivity contribution in [2.45, 2.75) is 51.8 Å². The number of amides is 1. The first-order valence-electron chi connectivity index (χ1n) is 8.18. The number of aromatic nitrogens is 3. The number of ether oxygens (including phenoxy) is 1. The van der Waals surface area contributed by atoms with Gasteiger partial charge in [-0.2, -0.15) is 5.10 Å². The average Bonchev–Trinajstić information content (AvgIpc) is 3.19. The van der Waals surface area contributed by atoms with E-state index >= 15 is 0 Å². The lowest BCUT2D eigenvalue weighted by molar-refractivity contribution is 0.0905. The zero-order valence-electron chi connectivity index (χ0n) is 13.2. The molecule has 122 valence electrons. The Morgan fingerprint density at radius 1 is 1.48 bits per heavy atom. The van der Waals surface area contributed by atoms with Crippen molar-refractivity contribution in [1.29, 1.82) is 0 Å². The molecule has 1 aliphatic heterocycles. The van der Waals surface area contributed by atoms with Crippen LogP contribution in [0.25, 0.3) is 0 Å². The monoisotopic (exact) mass is 316 g/mol. The largest absolute Gasteiger partial charge is 0.376 e. The summed E-state index contributed by atoms with van der Waals surface area (Å²) < 4.78 is 12.7. The fourth-order valence-electron chi connectivity index (χ4n) is 3.47. The second-order valence-electron chi connectivity index (χ2n) is 6.02. The van der Waals surface area contributed by atoms with E-state index in [4.69, 9.17) is 9.26 Å². The van der Waals surface area contributed by atoms with Gasteiger partial charge in [0.05, 0.1) is 31.0 Å². The van der Waals surface area contributed by atoms with Crippen LogP contribution >= 0.6 is 0 Å². The molecule has 2 aromatic heterocycles. The van der Waals surface area contributed by atoms with E-state index in [2.05, 4.69) is 22.5 Å². The molecule has 2 aliphatic rings. The number of carbonyl (C=O) groups is 1. The maximum Gasteiger partial charge on any atom is 0.274 e. The molecule has 7 nitrogen and oxygen atoms in total. The van der Waals surface area contributed by atoms with Gasteiger partial charge in [0.2, 0.25) is 0 Å². The number of hydrogen-bond donors (Lipinski definition) is 1. The number of hydrogen-bond acceptors (Lipinski definition) is 5. The molecule has 1 unspecified atom stereocenters. The van der Waals surface area contributed by atoms with E-state index in [9.17, 15) is 4.79 Å². The lowest BCUT2D eigenvalue weighted by atomic mass is 9.92. The molecule has 4 rings (SSSR count). The van der Waals surface area contributed by atoms with Crippen molar-refractivity contribution in [2.75, 3.05) is 6.61 Å². The number of nitrogens with one attached hydrogen (secondary N) is 1. The first-order chi connectivity index (χ1) is 11.3. The van der Waals surface area contributed by atoms with Gasteiger partial charge in [0.15, 0.2) is 5.69 Å². The molecule has 0 saturated carbocycles. The molecule has 2 aromatic rings. The van der Waals surface area contributed by atoms with Gasteiger partial charge in [-0.15, -0.1) is 0 Å². The SMILES string of the molecule is CCn1ncc2c1CCCC2NC(=O)c1noc2c1COCC2. The van der Waals surface area contributed by atoms with Gasteiger partial charge in [0, 0.05) is 24.2 Å². The van der Waals surface area contributed by atoms with Crippen molar-refractivity contribution in [1.82, 2.24) is 20.3 Å². The molecule has 0 radical (unpaired) electrons. The third kappa shape index (κ3) is 2.45. The standard InChI is InChI=1S/C16H20N4O3/c1-2-20-13-5-3-4-12(10(13)8-17-20)18-16(21)15-11-9-22-7-6-14(11)23-19-15/h8,12H,2-7,9H2,1H3,(H,18,21). The zero-order valence-corrected chi connectivity index (χ0v) is 13.2. The average molecular weight is 316 g/mol. The molecular formula is C16H20N4O3. The highest BCUT2D eigenvalue weighted by Gasteiger charge is 2.29. The van der Waals surface area contributed by atoms with Crippen molar-refractivity contribution in [3.63, 3.8) is 0 Å². The topological polar surface area (TPSA) is 82.2 Å². The maximum atomic E-state index is 12.6. The van der Waals surface area contributed by atoms with E-state index in [1.807, 2.05) is 10.9 Å². The van der Waals surface area contributed by atoms with Crippen LogP contribution in [0.1, 0.15) is 58.9 Å². The Morgan fingerprint density at radius 2 is 2.39 bits per heavy atom. The number of rotatable bonds is 3. The van der Waals surface area contributed by atoms with Gasteiger partial charge < -0.3 is 14.6 Å². The quantitative estimate of drug-likeness (QED) is 0.933. The van der Waals surface area contributed by atoms with Crippen LogP contribution in [-0.2, 0) is 30.7 Å². The fourth-order valence-corrected chi connectivity index (χ4v) is 3.47. The van der Waals surface area contributed by atoms with E-state index in [0.717, 1.165) is 42.7 Å².